The fraction of sp³-hybridized carbons (Fsp3) is 0.909. The highest BCUT2D eigenvalue weighted by Crippen LogP contribution is 2.28. The van der Waals surface area contributed by atoms with Gasteiger partial charge in [-0.25, -0.2) is 5.01 Å². The molecule has 15 heavy (non-hydrogen) atoms. The summed E-state index contributed by atoms with van der Waals surface area (Å²) < 4.78 is 0. The molecule has 0 aromatic heterocycles. The Labute approximate surface area is 91.4 Å². The van der Waals surface area contributed by atoms with Crippen LogP contribution in [-0.2, 0) is 4.79 Å². The first-order valence-electron chi connectivity index (χ1n) is 6.01. The number of hydrogen-bond donors (Lipinski definition) is 1. The number of amides is 1. The number of nitrogens with zero attached hydrogens (tertiary/aromatic N) is 2. The molecular weight excluding hydrogens is 190 g/mol. The standard InChI is InChI=1S/C11H21N3O/c1-9(12)8-13-7-6-11(15)14(13)10-4-2-3-5-10/h9-10H,2-8,12H2,1H3. The van der Waals surface area contributed by atoms with Gasteiger partial charge in [0.05, 0.1) is 0 Å². The van der Waals surface area contributed by atoms with Crippen LogP contribution in [0.15, 0.2) is 0 Å². The summed E-state index contributed by atoms with van der Waals surface area (Å²) in [5.41, 5.74) is 5.80. The smallest absolute Gasteiger partial charge is 0.238 e. The van der Waals surface area contributed by atoms with Crippen molar-refractivity contribution < 1.29 is 4.79 Å². The van der Waals surface area contributed by atoms with Crippen molar-refractivity contribution in [2.45, 2.75) is 51.1 Å². The van der Waals surface area contributed by atoms with Crippen LogP contribution in [0.5, 0.6) is 0 Å². The van der Waals surface area contributed by atoms with Gasteiger partial charge < -0.3 is 5.73 Å². The molecule has 1 aliphatic heterocycles. The van der Waals surface area contributed by atoms with Gasteiger partial charge in [0.15, 0.2) is 0 Å². The Kier molecular flexibility index (Phi) is 3.26. The van der Waals surface area contributed by atoms with Crippen molar-refractivity contribution in [3.8, 4) is 0 Å². The Bertz CT molecular complexity index is 236. The van der Waals surface area contributed by atoms with Crippen molar-refractivity contribution in [2.75, 3.05) is 13.1 Å². The molecule has 0 aromatic rings. The molecule has 1 aliphatic carbocycles. The number of hydrazine groups is 1. The first kappa shape index (κ1) is 10.9. The minimum absolute atomic E-state index is 0.139. The second-order valence-corrected chi connectivity index (χ2v) is 4.82. The van der Waals surface area contributed by atoms with E-state index in [1.807, 2.05) is 11.9 Å². The first-order valence-corrected chi connectivity index (χ1v) is 6.01. The van der Waals surface area contributed by atoms with E-state index in [1.54, 1.807) is 0 Å². The maximum atomic E-state index is 11.8. The molecule has 0 spiro atoms. The maximum absolute atomic E-state index is 11.8. The molecule has 2 rings (SSSR count). The maximum Gasteiger partial charge on any atom is 0.238 e. The lowest BCUT2D eigenvalue weighted by Crippen LogP contribution is -2.48. The summed E-state index contributed by atoms with van der Waals surface area (Å²) in [5.74, 6) is 0.294. The molecule has 1 unspecified atom stereocenters. The van der Waals surface area contributed by atoms with E-state index in [4.69, 9.17) is 5.73 Å². The van der Waals surface area contributed by atoms with Crippen LogP contribution in [0, 0.1) is 0 Å². The molecule has 1 saturated carbocycles. The van der Waals surface area contributed by atoms with Gasteiger partial charge in [-0.3, -0.25) is 9.80 Å². The van der Waals surface area contributed by atoms with Gasteiger partial charge in [-0.05, 0) is 19.8 Å². The molecule has 86 valence electrons. The lowest BCUT2D eigenvalue weighted by atomic mass is 10.2. The van der Waals surface area contributed by atoms with E-state index in [2.05, 4.69) is 5.01 Å². The van der Waals surface area contributed by atoms with Crippen molar-refractivity contribution in [3.63, 3.8) is 0 Å². The summed E-state index contributed by atoms with van der Waals surface area (Å²) in [4.78, 5) is 11.8. The Balaban J connectivity index is 2.00. The third-order valence-corrected chi connectivity index (χ3v) is 3.31. The molecule has 2 fully saturated rings. The zero-order valence-electron chi connectivity index (χ0n) is 9.48. The van der Waals surface area contributed by atoms with Crippen molar-refractivity contribution in [2.24, 2.45) is 5.73 Å². The van der Waals surface area contributed by atoms with Crippen molar-refractivity contribution in [1.29, 1.82) is 0 Å². The molecule has 2 N–H and O–H groups in total. The first-order chi connectivity index (χ1) is 7.18. The van der Waals surface area contributed by atoms with Gasteiger partial charge in [0, 0.05) is 31.6 Å². The molecule has 1 saturated heterocycles. The Morgan fingerprint density at radius 2 is 2.13 bits per heavy atom. The SMILES string of the molecule is CC(N)CN1CCC(=O)N1C1CCCC1. The third-order valence-electron chi connectivity index (χ3n) is 3.31. The van der Waals surface area contributed by atoms with Crippen LogP contribution >= 0.6 is 0 Å². The molecule has 1 heterocycles. The summed E-state index contributed by atoms with van der Waals surface area (Å²) in [6.45, 7) is 3.66. The van der Waals surface area contributed by atoms with E-state index < -0.39 is 0 Å². The summed E-state index contributed by atoms with van der Waals surface area (Å²) in [6.07, 6.45) is 5.53. The Morgan fingerprint density at radius 3 is 2.73 bits per heavy atom. The molecule has 0 radical (unpaired) electrons. The van der Waals surface area contributed by atoms with Crippen molar-refractivity contribution in [1.82, 2.24) is 10.0 Å². The average Bonchev–Trinajstić information content (AvgIpc) is 2.74. The number of nitrogens with two attached hydrogens (primary N) is 1. The monoisotopic (exact) mass is 211 g/mol. The Morgan fingerprint density at radius 1 is 1.47 bits per heavy atom. The summed E-state index contributed by atoms with van der Waals surface area (Å²) in [6, 6.07) is 0.596. The third kappa shape index (κ3) is 2.32. The number of carbonyl (C=O) groups excluding carboxylic acids is 1. The second kappa shape index (κ2) is 4.49. The van der Waals surface area contributed by atoms with E-state index in [9.17, 15) is 4.79 Å². The van der Waals surface area contributed by atoms with Crippen LogP contribution in [0.3, 0.4) is 0 Å². The van der Waals surface area contributed by atoms with Gasteiger partial charge in [0.1, 0.15) is 0 Å². The van der Waals surface area contributed by atoms with Crippen molar-refractivity contribution in [3.05, 3.63) is 0 Å². The van der Waals surface area contributed by atoms with Gasteiger partial charge in [0.25, 0.3) is 0 Å². The van der Waals surface area contributed by atoms with E-state index in [1.165, 1.54) is 25.7 Å². The highest BCUT2D eigenvalue weighted by Gasteiger charge is 2.35. The second-order valence-electron chi connectivity index (χ2n) is 4.82. The lowest BCUT2D eigenvalue weighted by Gasteiger charge is -2.34. The van der Waals surface area contributed by atoms with E-state index in [0.717, 1.165) is 13.1 Å². The van der Waals surface area contributed by atoms with Gasteiger partial charge in [-0.2, -0.15) is 0 Å². The highest BCUT2D eigenvalue weighted by molar-refractivity contribution is 5.78. The number of rotatable bonds is 3. The highest BCUT2D eigenvalue weighted by atomic mass is 16.2. The number of hydrogen-bond acceptors (Lipinski definition) is 3. The fourth-order valence-electron chi connectivity index (χ4n) is 2.70. The van der Waals surface area contributed by atoms with Gasteiger partial charge in [0.2, 0.25) is 5.91 Å². The van der Waals surface area contributed by atoms with E-state index in [-0.39, 0.29) is 6.04 Å². The number of carbonyl (C=O) groups is 1. The summed E-state index contributed by atoms with van der Waals surface area (Å²) >= 11 is 0. The normalized spacial score (nSPS) is 26.5. The van der Waals surface area contributed by atoms with Gasteiger partial charge in [-0.15, -0.1) is 0 Å². The van der Waals surface area contributed by atoms with Crippen LogP contribution in [-0.4, -0.2) is 41.1 Å². The zero-order chi connectivity index (χ0) is 10.8. The average molecular weight is 211 g/mol. The van der Waals surface area contributed by atoms with Crippen LogP contribution in [0.4, 0.5) is 0 Å². The molecule has 1 amide bonds. The van der Waals surface area contributed by atoms with Crippen LogP contribution < -0.4 is 5.73 Å². The van der Waals surface area contributed by atoms with Crippen LogP contribution in [0.25, 0.3) is 0 Å². The molecule has 1 atom stereocenters. The zero-order valence-corrected chi connectivity index (χ0v) is 9.48. The predicted molar refractivity (Wildman–Crippen MR) is 58.9 cm³/mol. The van der Waals surface area contributed by atoms with E-state index in [0.29, 0.717) is 18.4 Å². The molecule has 2 aliphatic rings. The summed E-state index contributed by atoms with van der Waals surface area (Å²) in [5, 5.41) is 4.15. The summed E-state index contributed by atoms with van der Waals surface area (Å²) in [7, 11) is 0. The van der Waals surface area contributed by atoms with Crippen LogP contribution in [0.1, 0.15) is 39.0 Å². The molecular formula is C11H21N3O. The van der Waals surface area contributed by atoms with Crippen molar-refractivity contribution >= 4 is 5.91 Å². The van der Waals surface area contributed by atoms with Crippen LogP contribution in [0.2, 0.25) is 0 Å². The quantitative estimate of drug-likeness (QED) is 0.748. The topological polar surface area (TPSA) is 49.6 Å². The minimum atomic E-state index is 0.139. The largest absolute Gasteiger partial charge is 0.327 e. The predicted octanol–water partition coefficient (Wildman–Crippen LogP) is 0.725. The lowest BCUT2D eigenvalue weighted by molar-refractivity contribution is -0.142. The Hall–Kier alpha value is -0.610. The molecule has 0 aromatic carbocycles. The molecule has 4 heteroatoms. The van der Waals surface area contributed by atoms with Gasteiger partial charge >= 0.3 is 0 Å². The van der Waals surface area contributed by atoms with Gasteiger partial charge in [-0.1, -0.05) is 12.8 Å². The minimum Gasteiger partial charge on any atom is -0.327 e. The molecule has 4 nitrogen and oxygen atoms in total. The fourth-order valence-corrected chi connectivity index (χ4v) is 2.70. The van der Waals surface area contributed by atoms with E-state index >= 15 is 0 Å². The molecule has 0 bridgehead atoms.